The van der Waals surface area contributed by atoms with E-state index in [1.807, 2.05) is 20.8 Å². The number of aliphatic carboxylic acids is 1. The van der Waals surface area contributed by atoms with Crippen molar-refractivity contribution < 1.29 is 9.90 Å². The first-order valence-electron chi connectivity index (χ1n) is 4.23. The van der Waals surface area contributed by atoms with Crippen molar-refractivity contribution in [1.82, 2.24) is 0 Å². The van der Waals surface area contributed by atoms with Gasteiger partial charge in [-0.05, 0) is 31.6 Å². The summed E-state index contributed by atoms with van der Waals surface area (Å²) in [7, 11) is 0. The zero-order valence-corrected chi connectivity index (χ0v) is 7.42. The Morgan fingerprint density at radius 1 is 1.55 bits per heavy atom. The average Bonchev–Trinajstić information content (AvgIpc) is 2.66. The molecule has 1 aliphatic rings. The van der Waals surface area contributed by atoms with Crippen LogP contribution in [0.25, 0.3) is 0 Å². The van der Waals surface area contributed by atoms with E-state index in [-0.39, 0.29) is 5.92 Å². The molecule has 1 fully saturated rings. The molecule has 0 saturated heterocycles. The third-order valence-corrected chi connectivity index (χ3v) is 3.09. The molecule has 1 aliphatic carbocycles. The quantitative estimate of drug-likeness (QED) is 0.679. The molecule has 0 aliphatic heterocycles. The predicted molar refractivity (Wildman–Crippen MR) is 43.3 cm³/mol. The van der Waals surface area contributed by atoms with Crippen LogP contribution in [0.1, 0.15) is 33.6 Å². The van der Waals surface area contributed by atoms with Gasteiger partial charge in [-0.3, -0.25) is 4.79 Å². The van der Waals surface area contributed by atoms with Crippen molar-refractivity contribution in [2.24, 2.45) is 17.3 Å². The van der Waals surface area contributed by atoms with Crippen molar-refractivity contribution in [1.29, 1.82) is 0 Å². The van der Waals surface area contributed by atoms with E-state index in [2.05, 4.69) is 0 Å². The SMILES string of the molecule is CC(C)C(C)(C(=O)O)C1CC1. The Morgan fingerprint density at radius 3 is 2.09 bits per heavy atom. The van der Waals surface area contributed by atoms with Crippen molar-refractivity contribution in [3.8, 4) is 0 Å². The zero-order chi connectivity index (χ0) is 8.65. The molecule has 64 valence electrons. The molecule has 0 aromatic carbocycles. The van der Waals surface area contributed by atoms with Crippen LogP contribution in [0, 0.1) is 17.3 Å². The van der Waals surface area contributed by atoms with E-state index in [0.717, 1.165) is 12.8 Å². The van der Waals surface area contributed by atoms with Crippen LogP contribution < -0.4 is 0 Å². The van der Waals surface area contributed by atoms with Crippen LogP contribution in [0.3, 0.4) is 0 Å². The lowest BCUT2D eigenvalue weighted by Crippen LogP contribution is -2.35. The van der Waals surface area contributed by atoms with Crippen LogP contribution >= 0.6 is 0 Å². The van der Waals surface area contributed by atoms with E-state index in [4.69, 9.17) is 5.11 Å². The van der Waals surface area contributed by atoms with Crippen molar-refractivity contribution in [3.63, 3.8) is 0 Å². The van der Waals surface area contributed by atoms with Gasteiger partial charge >= 0.3 is 5.97 Å². The first-order valence-corrected chi connectivity index (χ1v) is 4.23. The van der Waals surface area contributed by atoms with E-state index in [0.29, 0.717) is 5.92 Å². The lowest BCUT2D eigenvalue weighted by Gasteiger charge is -2.28. The van der Waals surface area contributed by atoms with Gasteiger partial charge in [0.2, 0.25) is 0 Å². The normalized spacial score (nSPS) is 23.3. The van der Waals surface area contributed by atoms with Gasteiger partial charge in [0.05, 0.1) is 5.41 Å². The van der Waals surface area contributed by atoms with Gasteiger partial charge in [-0.25, -0.2) is 0 Å². The molecule has 1 unspecified atom stereocenters. The topological polar surface area (TPSA) is 37.3 Å². The third-order valence-electron chi connectivity index (χ3n) is 3.09. The van der Waals surface area contributed by atoms with E-state index < -0.39 is 11.4 Å². The summed E-state index contributed by atoms with van der Waals surface area (Å²) in [6, 6.07) is 0. The predicted octanol–water partition coefficient (Wildman–Crippen LogP) is 2.14. The molecule has 1 rings (SSSR count). The molecule has 0 aromatic heterocycles. The summed E-state index contributed by atoms with van der Waals surface area (Å²) < 4.78 is 0. The minimum Gasteiger partial charge on any atom is -0.481 e. The molecule has 2 nitrogen and oxygen atoms in total. The molecular weight excluding hydrogens is 140 g/mol. The average molecular weight is 156 g/mol. The molecule has 1 saturated carbocycles. The maximum Gasteiger partial charge on any atom is 0.309 e. The van der Waals surface area contributed by atoms with E-state index in [1.54, 1.807) is 0 Å². The number of rotatable bonds is 3. The summed E-state index contributed by atoms with van der Waals surface area (Å²) in [5, 5.41) is 9.01. The Bertz CT molecular complexity index is 166. The fraction of sp³-hybridized carbons (Fsp3) is 0.889. The smallest absolute Gasteiger partial charge is 0.309 e. The number of hydrogen-bond acceptors (Lipinski definition) is 1. The lowest BCUT2D eigenvalue weighted by atomic mass is 9.75. The van der Waals surface area contributed by atoms with Crippen LogP contribution in [0.2, 0.25) is 0 Å². The van der Waals surface area contributed by atoms with Crippen molar-refractivity contribution >= 4 is 5.97 Å². The van der Waals surface area contributed by atoms with Crippen LogP contribution in [0.5, 0.6) is 0 Å². The minimum absolute atomic E-state index is 0.243. The Hall–Kier alpha value is -0.530. The molecule has 0 bridgehead atoms. The van der Waals surface area contributed by atoms with Gasteiger partial charge in [0.1, 0.15) is 0 Å². The second-order valence-corrected chi connectivity index (χ2v) is 4.02. The van der Waals surface area contributed by atoms with Gasteiger partial charge < -0.3 is 5.11 Å². The summed E-state index contributed by atoms with van der Waals surface area (Å²) in [5.74, 6) is 0.0440. The van der Waals surface area contributed by atoms with Crippen LogP contribution in [0.15, 0.2) is 0 Å². The van der Waals surface area contributed by atoms with Crippen LogP contribution in [-0.4, -0.2) is 11.1 Å². The second-order valence-electron chi connectivity index (χ2n) is 4.02. The minimum atomic E-state index is -0.630. The summed E-state index contributed by atoms with van der Waals surface area (Å²) in [6.45, 7) is 5.86. The molecular formula is C9H16O2. The molecule has 0 heterocycles. The highest BCUT2D eigenvalue weighted by Gasteiger charge is 2.49. The highest BCUT2D eigenvalue weighted by molar-refractivity contribution is 5.75. The maximum atomic E-state index is 10.9. The van der Waals surface area contributed by atoms with Gasteiger partial charge in [0, 0.05) is 0 Å². The lowest BCUT2D eigenvalue weighted by molar-refractivity contribution is -0.152. The Balaban J connectivity index is 2.77. The van der Waals surface area contributed by atoms with Gasteiger partial charge in [0.15, 0.2) is 0 Å². The zero-order valence-electron chi connectivity index (χ0n) is 7.42. The van der Waals surface area contributed by atoms with Crippen molar-refractivity contribution in [2.75, 3.05) is 0 Å². The van der Waals surface area contributed by atoms with Crippen LogP contribution in [0.4, 0.5) is 0 Å². The van der Waals surface area contributed by atoms with Crippen molar-refractivity contribution in [3.05, 3.63) is 0 Å². The molecule has 1 N–H and O–H groups in total. The largest absolute Gasteiger partial charge is 0.481 e. The summed E-state index contributed by atoms with van der Waals surface area (Å²) in [5.41, 5.74) is -0.472. The Morgan fingerprint density at radius 2 is 2.00 bits per heavy atom. The number of carboxylic acid groups (broad SMARTS) is 1. The first kappa shape index (κ1) is 8.57. The number of carbonyl (C=O) groups is 1. The number of carboxylic acids is 1. The molecule has 0 spiro atoms. The monoisotopic (exact) mass is 156 g/mol. The standard InChI is InChI=1S/C9H16O2/c1-6(2)9(3,8(10)11)7-4-5-7/h6-7H,4-5H2,1-3H3,(H,10,11). The molecule has 11 heavy (non-hydrogen) atoms. The highest BCUT2D eigenvalue weighted by atomic mass is 16.4. The molecule has 2 heteroatoms. The van der Waals surface area contributed by atoms with E-state index in [9.17, 15) is 4.79 Å². The summed E-state index contributed by atoms with van der Waals surface area (Å²) in [4.78, 5) is 10.9. The highest BCUT2D eigenvalue weighted by Crippen LogP contribution is 2.49. The van der Waals surface area contributed by atoms with Crippen molar-refractivity contribution in [2.45, 2.75) is 33.6 Å². The second kappa shape index (κ2) is 2.50. The number of hydrogen-bond donors (Lipinski definition) is 1. The molecule has 1 atom stereocenters. The summed E-state index contributed by atoms with van der Waals surface area (Å²) >= 11 is 0. The van der Waals surface area contributed by atoms with Gasteiger partial charge in [-0.1, -0.05) is 13.8 Å². The van der Waals surface area contributed by atoms with Gasteiger partial charge in [-0.2, -0.15) is 0 Å². The Labute approximate surface area is 67.6 Å². The fourth-order valence-corrected chi connectivity index (χ4v) is 1.58. The van der Waals surface area contributed by atoms with Gasteiger partial charge in [-0.15, -0.1) is 0 Å². The Kier molecular flexibility index (Phi) is 1.95. The first-order chi connectivity index (χ1) is 4.99. The third kappa shape index (κ3) is 1.26. The molecule has 0 aromatic rings. The van der Waals surface area contributed by atoms with E-state index in [1.165, 1.54) is 0 Å². The van der Waals surface area contributed by atoms with Crippen LogP contribution in [-0.2, 0) is 4.79 Å². The summed E-state index contributed by atoms with van der Waals surface area (Å²) in [6.07, 6.45) is 2.20. The molecule has 0 radical (unpaired) electrons. The fourth-order valence-electron chi connectivity index (χ4n) is 1.58. The molecule has 0 amide bonds. The van der Waals surface area contributed by atoms with Gasteiger partial charge in [0.25, 0.3) is 0 Å². The van der Waals surface area contributed by atoms with E-state index >= 15 is 0 Å². The maximum absolute atomic E-state index is 10.9.